The molecule has 10 heteroatoms. The SMILES string of the molecule is CNCC(CC1CCCCC1)NC(=O)N1CCCC(C(O)(CCCNC(=O)OC)c2cccc(F)c2F)C1. The molecule has 1 aliphatic carbocycles. The van der Waals surface area contributed by atoms with Gasteiger partial charge in [-0.15, -0.1) is 0 Å². The lowest BCUT2D eigenvalue weighted by molar-refractivity contribution is -0.0580. The fourth-order valence-corrected chi connectivity index (χ4v) is 6.10. The lowest BCUT2D eigenvalue weighted by Crippen LogP contribution is -2.54. The maximum Gasteiger partial charge on any atom is 0.406 e. The van der Waals surface area contributed by atoms with E-state index < -0.39 is 29.2 Å². The Labute approximate surface area is 224 Å². The second-order valence-electron chi connectivity index (χ2n) is 10.8. The van der Waals surface area contributed by atoms with Crippen LogP contribution >= 0.6 is 0 Å². The Morgan fingerprint density at radius 3 is 2.66 bits per heavy atom. The number of halogens is 2. The number of urea groups is 1. The maximum atomic E-state index is 15.0. The van der Waals surface area contributed by atoms with Crippen molar-refractivity contribution in [2.24, 2.45) is 11.8 Å². The van der Waals surface area contributed by atoms with Crippen LogP contribution in [-0.2, 0) is 10.3 Å². The monoisotopic (exact) mass is 538 g/mol. The summed E-state index contributed by atoms with van der Waals surface area (Å²) in [5.74, 6) is -2.01. The third kappa shape index (κ3) is 8.02. The number of alkyl carbamates (subject to hydrolysis) is 1. The summed E-state index contributed by atoms with van der Waals surface area (Å²) in [6.45, 7) is 1.63. The molecule has 0 bridgehead atoms. The highest BCUT2D eigenvalue weighted by Gasteiger charge is 2.43. The number of hydrogen-bond donors (Lipinski definition) is 4. The molecule has 3 unspecified atom stereocenters. The molecule has 0 spiro atoms. The predicted octanol–water partition coefficient (Wildman–Crippen LogP) is 4.27. The first-order chi connectivity index (χ1) is 18.3. The van der Waals surface area contributed by atoms with Crippen molar-refractivity contribution in [3.8, 4) is 0 Å². The molecule has 1 aromatic carbocycles. The molecule has 4 N–H and O–H groups in total. The molecule has 214 valence electrons. The second kappa shape index (κ2) is 14.6. The smallest absolute Gasteiger partial charge is 0.406 e. The fraction of sp³-hybridized carbons (Fsp3) is 0.714. The summed E-state index contributed by atoms with van der Waals surface area (Å²) in [5, 5.41) is 20.8. The summed E-state index contributed by atoms with van der Waals surface area (Å²) < 4.78 is 33.7. The number of likely N-dealkylation sites (tertiary alicyclic amines) is 1. The van der Waals surface area contributed by atoms with Gasteiger partial charge in [-0.25, -0.2) is 18.4 Å². The van der Waals surface area contributed by atoms with Crippen LogP contribution in [0.5, 0.6) is 0 Å². The molecule has 2 fully saturated rings. The van der Waals surface area contributed by atoms with E-state index in [9.17, 15) is 23.5 Å². The number of hydrogen-bond acceptors (Lipinski definition) is 5. The van der Waals surface area contributed by atoms with E-state index in [2.05, 4.69) is 20.7 Å². The molecular weight excluding hydrogens is 494 g/mol. The minimum Gasteiger partial charge on any atom is -0.453 e. The molecule has 2 aliphatic rings. The Morgan fingerprint density at radius 2 is 1.95 bits per heavy atom. The molecule has 1 heterocycles. The number of methoxy groups -OCH3 is 1. The zero-order valence-corrected chi connectivity index (χ0v) is 22.7. The Morgan fingerprint density at radius 1 is 1.18 bits per heavy atom. The third-order valence-corrected chi connectivity index (χ3v) is 8.11. The van der Waals surface area contributed by atoms with Crippen LogP contribution in [0.15, 0.2) is 18.2 Å². The van der Waals surface area contributed by atoms with Crippen LogP contribution in [0.4, 0.5) is 18.4 Å². The van der Waals surface area contributed by atoms with Gasteiger partial charge in [0.05, 0.1) is 12.7 Å². The summed E-state index contributed by atoms with van der Waals surface area (Å²) in [6.07, 6.45) is 8.06. The van der Waals surface area contributed by atoms with E-state index in [1.807, 2.05) is 7.05 Å². The summed E-state index contributed by atoms with van der Waals surface area (Å²) in [6, 6.07) is 3.61. The van der Waals surface area contributed by atoms with Gasteiger partial charge in [0.15, 0.2) is 11.6 Å². The largest absolute Gasteiger partial charge is 0.453 e. The summed E-state index contributed by atoms with van der Waals surface area (Å²) in [4.78, 5) is 26.4. The number of likely N-dealkylation sites (N-methyl/N-ethyl adjacent to an activating group) is 1. The second-order valence-corrected chi connectivity index (χ2v) is 10.8. The van der Waals surface area contributed by atoms with Crippen LogP contribution in [-0.4, -0.2) is 68.5 Å². The van der Waals surface area contributed by atoms with Crippen molar-refractivity contribution in [2.45, 2.75) is 75.9 Å². The van der Waals surface area contributed by atoms with Crippen LogP contribution in [0.1, 0.15) is 69.8 Å². The van der Waals surface area contributed by atoms with Crippen molar-refractivity contribution < 1.29 is 28.2 Å². The van der Waals surface area contributed by atoms with Gasteiger partial charge in [0, 0.05) is 43.7 Å². The normalized spacial score (nSPS) is 20.9. The van der Waals surface area contributed by atoms with Gasteiger partial charge in [0.25, 0.3) is 0 Å². The fourth-order valence-electron chi connectivity index (χ4n) is 6.10. The molecule has 3 atom stereocenters. The lowest BCUT2D eigenvalue weighted by Gasteiger charge is -2.43. The number of nitrogens with one attached hydrogen (secondary N) is 3. The van der Waals surface area contributed by atoms with Gasteiger partial charge < -0.3 is 30.7 Å². The molecule has 38 heavy (non-hydrogen) atoms. The zero-order chi connectivity index (χ0) is 27.5. The first-order valence-electron chi connectivity index (χ1n) is 14.0. The Kier molecular flexibility index (Phi) is 11.6. The van der Waals surface area contributed by atoms with Crippen molar-refractivity contribution >= 4 is 12.1 Å². The van der Waals surface area contributed by atoms with Crippen LogP contribution in [0.2, 0.25) is 0 Å². The van der Waals surface area contributed by atoms with E-state index in [4.69, 9.17) is 0 Å². The van der Waals surface area contributed by atoms with E-state index in [0.717, 1.165) is 12.5 Å². The molecule has 3 rings (SSSR count). The highest BCUT2D eigenvalue weighted by Crippen LogP contribution is 2.41. The number of piperidine rings is 1. The maximum absolute atomic E-state index is 15.0. The van der Waals surface area contributed by atoms with Gasteiger partial charge in [-0.1, -0.05) is 44.2 Å². The van der Waals surface area contributed by atoms with E-state index in [-0.39, 0.29) is 37.1 Å². The topological polar surface area (TPSA) is 103 Å². The summed E-state index contributed by atoms with van der Waals surface area (Å²) in [5.41, 5.74) is -1.83. The predicted molar refractivity (Wildman–Crippen MR) is 142 cm³/mol. The van der Waals surface area contributed by atoms with E-state index in [1.54, 1.807) is 4.90 Å². The van der Waals surface area contributed by atoms with Crippen molar-refractivity contribution in [3.05, 3.63) is 35.4 Å². The molecule has 1 saturated carbocycles. The minimum absolute atomic E-state index is 0.0000743. The van der Waals surface area contributed by atoms with E-state index in [1.165, 1.54) is 51.3 Å². The van der Waals surface area contributed by atoms with Gasteiger partial charge in [-0.05, 0) is 51.1 Å². The number of ether oxygens (including phenoxy) is 1. The quantitative estimate of drug-likeness (QED) is 0.315. The van der Waals surface area contributed by atoms with Crippen molar-refractivity contribution in [1.82, 2.24) is 20.9 Å². The van der Waals surface area contributed by atoms with Crippen molar-refractivity contribution in [1.29, 1.82) is 0 Å². The third-order valence-electron chi connectivity index (χ3n) is 8.11. The van der Waals surface area contributed by atoms with Crippen molar-refractivity contribution in [3.63, 3.8) is 0 Å². The number of nitrogens with zero attached hydrogens (tertiary/aromatic N) is 1. The molecule has 8 nitrogen and oxygen atoms in total. The highest BCUT2D eigenvalue weighted by molar-refractivity contribution is 5.74. The Bertz CT molecular complexity index is 915. The average Bonchev–Trinajstić information content (AvgIpc) is 2.93. The average molecular weight is 539 g/mol. The van der Waals surface area contributed by atoms with Crippen LogP contribution < -0.4 is 16.0 Å². The van der Waals surface area contributed by atoms with Gasteiger partial charge >= 0.3 is 12.1 Å². The lowest BCUT2D eigenvalue weighted by atomic mass is 9.74. The standard InChI is InChI=1S/C28H44F2N4O4/c1-31-18-22(17-20-9-4-3-5-10-20)33-26(35)34-16-7-11-21(19-34)28(37,14-8-15-32-27(36)38-2)23-12-6-13-24(29)25(23)30/h6,12-13,20-22,31,37H,3-5,7-11,14-19H2,1-2H3,(H,32,36)(H,33,35). The molecule has 0 radical (unpaired) electrons. The number of amides is 3. The zero-order valence-electron chi connectivity index (χ0n) is 22.7. The Balaban J connectivity index is 1.72. The molecule has 0 aromatic heterocycles. The van der Waals surface area contributed by atoms with E-state index >= 15 is 0 Å². The number of carbonyl (C=O) groups excluding carboxylic acids is 2. The molecule has 1 aromatic rings. The summed E-state index contributed by atoms with van der Waals surface area (Å²) >= 11 is 0. The number of benzene rings is 1. The molecule has 1 saturated heterocycles. The first kappa shape index (κ1) is 30.1. The highest BCUT2D eigenvalue weighted by atomic mass is 19.2. The number of aliphatic hydroxyl groups is 1. The van der Waals surface area contributed by atoms with Crippen LogP contribution in [0.25, 0.3) is 0 Å². The van der Waals surface area contributed by atoms with Gasteiger partial charge in [-0.3, -0.25) is 0 Å². The van der Waals surface area contributed by atoms with Crippen LogP contribution in [0.3, 0.4) is 0 Å². The van der Waals surface area contributed by atoms with Crippen LogP contribution in [0, 0.1) is 23.5 Å². The van der Waals surface area contributed by atoms with Gasteiger partial charge in [0.2, 0.25) is 0 Å². The van der Waals surface area contributed by atoms with E-state index in [0.29, 0.717) is 38.3 Å². The molecule has 3 amide bonds. The first-order valence-corrected chi connectivity index (χ1v) is 14.0. The molecular formula is C28H44F2N4O4. The van der Waals surface area contributed by atoms with Crippen molar-refractivity contribution in [2.75, 3.05) is 40.3 Å². The number of carbonyl (C=O) groups is 2. The Hall–Kier alpha value is -2.46. The number of rotatable bonds is 11. The summed E-state index contributed by atoms with van der Waals surface area (Å²) in [7, 11) is 3.13. The molecule has 1 aliphatic heterocycles. The van der Waals surface area contributed by atoms with Gasteiger partial charge in [0.1, 0.15) is 0 Å². The van der Waals surface area contributed by atoms with Gasteiger partial charge in [-0.2, -0.15) is 0 Å². The minimum atomic E-state index is -1.71.